The Bertz CT molecular complexity index is 376. The van der Waals surface area contributed by atoms with Gasteiger partial charge in [-0.15, -0.1) is 0 Å². The van der Waals surface area contributed by atoms with E-state index in [4.69, 9.17) is 0 Å². The fourth-order valence-electron chi connectivity index (χ4n) is 1.24. The van der Waals surface area contributed by atoms with E-state index >= 15 is 0 Å². The molecule has 2 aromatic rings. The van der Waals surface area contributed by atoms with Crippen LogP contribution in [0.25, 0.3) is 0 Å². The van der Waals surface area contributed by atoms with Crippen molar-refractivity contribution in [1.82, 2.24) is 9.97 Å². The van der Waals surface area contributed by atoms with Gasteiger partial charge in [0.05, 0.1) is 0 Å². The molecule has 0 bridgehead atoms. The maximum absolute atomic E-state index is 4.41. The molecule has 0 fully saturated rings. The molecule has 2 rings (SSSR count). The van der Waals surface area contributed by atoms with Crippen molar-refractivity contribution in [2.45, 2.75) is 67.2 Å². The fourth-order valence-corrected chi connectivity index (χ4v) is 1.24. The molecule has 2 aromatic heterocycles. The maximum Gasteiger partial charge on any atom is 0.0404 e. The molecule has 2 heterocycles. The first-order chi connectivity index (χ1) is 10.7. The van der Waals surface area contributed by atoms with Crippen LogP contribution in [0.2, 0.25) is 0 Å². The van der Waals surface area contributed by atoms with Crippen LogP contribution in [0.4, 0.5) is 0 Å². The average molecular weight is 538 g/mol. The molecule has 4 heteroatoms. The van der Waals surface area contributed by atoms with Crippen molar-refractivity contribution in [2.24, 2.45) is 0 Å². The molecule has 0 spiro atoms. The normalized spacial score (nSPS) is 7.00. The fraction of sp³-hybridized carbons (Fsp3) is 0.455. The molecule has 0 aliphatic carbocycles. The number of hydrogen-bond acceptors (Lipinski definition) is 2. The Morgan fingerprint density at radius 2 is 0.962 bits per heavy atom. The van der Waals surface area contributed by atoms with Crippen LogP contribution in [-0.2, 0) is 51.8 Å². The van der Waals surface area contributed by atoms with Gasteiger partial charge in [-0.3, -0.25) is 9.97 Å². The summed E-state index contributed by atoms with van der Waals surface area (Å²) in [6.45, 7) is 12.8. The molecule has 0 atom stereocenters. The van der Waals surface area contributed by atoms with Crippen molar-refractivity contribution < 1.29 is 39.0 Å². The van der Waals surface area contributed by atoms with Crippen LogP contribution in [-0.4, -0.2) is 9.97 Å². The van der Waals surface area contributed by atoms with Crippen LogP contribution in [0.15, 0.2) is 48.8 Å². The van der Waals surface area contributed by atoms with Gasteiger partial charge in [-0.25, -0.2) is 0 Å². The number of aromatic nitrogens is 2. The minimum Gasteiger partial charge on any atom is -0.358 e. The predicted octanol–water partition coefficient (Wildman–Crippen LogP) is 7.02. The van der Waals surface area contributed by atoms with Gasteiger partial charge in [0, 0.05) is 62.7 Å². The van der Waals surface area contributed by atoms with Crippen molar-refractivity contribution in [1.29, 1.82) is 0 Å². The van der Waals surface area contributed by atoms with E-state index < -0.39 is 0 Å². The summed E-state index contributed by atoms with van der Waals surface area (Å²) in [5.74, 6) is 0. The van der Waals surface area contributed by atoms with Crippen molar-refractivity contribution in [3.63, 3.8) is 0 Å². The number of nitrogens with zero attached hydrogens (tertiary/aromatic N) is 2. The van der Waals surface area contributed by atoms with Gasteiger partial charge in [-0.1, -0.05) is 66.5 Å². The third kappa shape index (κ3) is 31.3. The van der Waals surface area contributed by atoms with Gasteiger partial charge in [0.2, 0.25) is 0 Å². The maximum atomic E-state index is 4.41. The van der Waals surface area contributed by atoms with Crippen LogP contribution < -0.4 is 0 Å². The summed E-state index contributed by atoms with van der Waals surface area (Å²) in [5, 5.41) is 0. The standard InChI is InChI=1S/C9H13N.C5H5N.2C3H8.2CH3.2Rh/c1-3-8-6-5-7-9(4-2)10-8;1-2-4-6-5-3-1;2*1-3-2;;;;/h5-7H,3-4H2,1-2H3;1-5H;2*3H2,1-2H3;2*1H3;;/q;;;;2*-1;;. The Morgan fingerprint density at radius 1 is 0.615 bits per heavy atom. The summed E-state index contributed by atoms with van der Waals surface area (Å²) in [6, 6.07) is 11.9. The zero-order valence-electron chi connectivity index (χ0n) is 18.0. The SMILES string of the molecule is CCC.CCC.CCc1cccc(CC)n1.[CH3-].[CH3-].[Rh].[Rh].c1ccncc1. The Kier molecular flexibility index (Phi) is 55.2. The first-order valence-electron chi connectivity index (χ1n) is 8.49. The molecule has 0 aliphatic rings. The first-order valence-corrected chi connectivity index (χ1v) is 8.49. The third-order valence-electron chi connectivity index (χ3n) is 2.16. The summed E-state index contributed by atoms with van der Waals surface area (Å²) in [7, 11) is 0. The van der Waals surface area contributed by atoms with E-state index in [9.17, 15) is 0 Å². The average Bonchev–Trinajstić information content (AvgIpc) is 2.58. The van der Waals surface area contributed by atoms with Gasteiger partial charge in [0.15, 0.2) is 0 Å². The molecule has 0 saturated heterocycles. The molecule has 0 N–H and O–H groups in total. The number of aryl methyl sites for hydroxylation is 2. The van der Waals surface area contributed by atoms with Gasteiger partial charge >= 0.3 is 0 Å². The molecule has 0 unspecified atom stereocenters. The largest absolute Gasteiger partial charge is 0.358 e. The van der Waals surface area contributed by atoms with Crippen molar-refractivity contribution in [3.05, 3.63) is 75.0 Å². The number of hydrogen-bond donors (Lipinski definition) is 0. The van der Waals surface area contributed by atoms with E-state index in [0.29, 0.717) is 0 Å². The summed E-state index contributed by atoms with van der Waals surface area (Å²) in [5.41, 5.74) is 2.39. The van der Waals surface area contributed by atoms with Gasteiger partial charge < -0.3 is 14.9 Å². The first kappa shape index (κ1) is 40.3. The number of rotatable bonds is 2. The van der Waals surface area contributed by atoms with E-state index in [2.05, 4.69) is 69.7 Å². The van der Waals surface area contributed by atoms with Crippen molar-refractivity contribution in [2.75, 3.05) is 0 Å². The second-order valence-electron chi connectivity index (χ2n) is 4.77. The summed E-state index contributed by atoms with van der Waals surface area (Å²) >= 11 is 0. The van der Waals surface area contributed by atoms with Crippen LogP contribution in [0.1, 0.15) is 65.8 Å². The minimum atomic E-state index is 0. The quantitative estimate of drug-likeness (QED) is 0.304. The van der Waals surface area contributed by atoms with Crippen LogP contribution in [0.3, 0.4) is 0 Å². The molecular weight excluding hydrogens is 498 g/mol. The van der Waals surface area contributed by atoms with E-state index in [1.807, 2.05) is 18.2 Å². The Labute approximate surface area is 190 Å². The Balaban J connectivity index is -0.0000000549. The van der Waals surface area contributed by atoms with Gasteiger partial charge in [-0.2, -0.15) is 0 Å². The van der Waals surface area contributed by atoms with Crippen LogP contribution in [0, 0.1) is 14.9 Å². The van der Waals surface area contributed by atoms with E-state index in [-0.39, 0.29) is 53.8 Å². The zero-order valence-corrected chi connectivity index (χ0v) is 21.3. The monoisotopic (exact) mass is 538 g/mol. The van der Waals surface area contributed by atoms with E-state index in [0.717, 1.165) is 12.8 Å². The molecule has 2 nitrogen and oxygen atoms in total. The van der Waals surface area contributed by atoms with Crippen molar-refractivity contribution >= 4 is 0 Å². The van der Waals surface area contributed by atoms with E-state index in [1.54, 1.807) is 12.4 Å². The molecular formula is C22H40N2Rh2-2. The van der Waals surface area contributed by atoms with Gasteiger partial charge in [-0.05, 0) is 37.1 Å². The minimum absolute atomic E-state index is 0. The van der Waals surface area contributed by atoms with Gasteiger partial charge in [0.1, 0.15) is 0 Å². The second-order valence-corrected chi connectivity index (χ2v) is 4.77. The third-order valence-corrected chi connectivity index (χ3v) is 2.16. The molecule has 0 aromatic carbocycles. The Hall–Kier alpha value is -0.453. The van der Waals surface area contributed by atoms with E-state index in [1.165, 1.54) is 24.2 Å². The number of pyridine rings is 2. The molecule has 0 amide bonds. The summed E-state index contributed by atoms with van der Waals surface area (Å²) < 4.78 is 0. The van der Waals surface area contributed by atoms with Crippen LogP contribution in [0.5, 0.6) is 0 Å². The smallest absolute Gasteiger partial charge is 0.0404 e. The molecule has 26 heavy (non-hydrogen) atoms. The molecule has 0 aliphatic heterocycles. The second kappa shape index (κ2) is 35.6. The van der Waals surface area contributed by atoms with Gasteiger partial charge in [0.25, 0.3) is 0 Å². The van der Waals surface area contributed by atoms with Crippen LogP contribution >= 0.6 is 0 Å². The van der Waals surface area contributed by atoms with Crippen molar-refractivity contribution in [3.8, 4) is 0 Å². The Morgan fingerprint density at radius 3 is 1.15 bits per heavy atom. The predicted molar refractivity (Wildman–Crippen MR) is 112 cm³/mol. The molecule has 158 valence electrons. The topological polar surface area (TPSA) is 25.8 Å². The molecule has 0 saturated carbocycles. The molecule has 2 radical (unpaired) electrons. The summed E-state index contributed by atoms with van der Waals surface area (Å²) in [4.78, 5) is 8.19. The summed E-state index contributed by atoms with van der Waals surface area (Å²) in [6.07, 6.45) is 8.07. The zero-order chi connectivity index (χ0) is 17.1.